The highest BCUT2D eigenvalue weighted by Crippen LogP contribution is 2.09. The third-order valence-electron chi connectivity index (χ3n) is 4.10. The highest BCUT2D eigenvalue weighted by molar-refractivity contribution is 5.92. The Hall–Kier alpha value is -2.69. The number of carbonyl (C=O) groups is 5. The molecule has 0 bridgehead atoms. The van der Waals surface area contributed by atoms with Crippen LogP contribution >= 0.6 is 0 Å². The van der Waals surface area contributed by atoms with Crippen LogP contribution in [0.2, 0.25) is 0 Å². The summed E-state index contributed by atoms with van der Waals surface area (Å²) in [6.45, 7) is 3.42. The first-order chi connectivity index (χ1) is 12.5. The lowest BCUT2D eigenvalue weighted by atomic mass is 9.98. The minimum atomic E-state index is -1.23. The van der Waals surface area contributed by atoms with Gasteiger partial charge in [0.1, 0.15) is 12.1 Å². The smallest absolute Gasteiger partial charge is 0.326 e. The molecular formula is C16H28N4O7. The van der Waals surface area contributed by atoms with E-state index < -0.39 is 47.8 Å². The second-order valence-electron chi connectivity index (χ2n) is 6.32. The first-order valence-electron chi connectivity index (χ1n) is 8.58. The van der Waals surface area contributed by atoms with Crippen LogP contribution in [0.1, 0.15) is 46.0 Å². The summed E-state index contributed by atoms with van der Waals surface area (Å²) in [4.78, 5) is 57.4. The van der Waals surface area contributed by atoms with Crippen molar-refractivity contribution >= 4 is 29.7 Å². The molecule has 0 unspecified atom stereocenters. The van der Waals surface area contributed by atoms with Crippen molar-refractivity contribution in [2.45, 2.75) is 64.1 Å². The minimum absolute atomic E-state index is 0.143. The molecule has 0 heterocycles. The number of nitrogens with one attached hydrogen (secondary N) is 2. The van der Waals surface area contributed by atoms with Crippen molar-refractivity contribution in [2.75, 3.05) is 0 Å². The number of rotatable bonds is 13. The lowest BCUT2D eigenvalue weighted by Crippen LogP contribution is -2.55. The number of primary amides is 1. The Morgan fingerprint density at radius 3 is 2.00 bits per heavy atom. The highest BCUT2D eigenvalue weighted by atomic mass is 16.4. The number of amides is 3. The van der Waals surface area contributed by atoms with E-state index in [2.05, 4.69) is 10.6 Å². The molecule has 0 aliphatic heterocycles. The zero-order chi connectivity index (χ0) is 21.1. The largest absolute Gasteiger partial charge is 0.481 e. The van der Waals surface area contributed by atoms with Gasteiger partial charge in [0.25, 0.3) is 0 Å². The van der Waals surface area contributed by atoms with Gasteiger partial charge in [-0.1, -0.05) is 20.3 Å². The van der Waals surface area contributed by atoms with Gasteiger partial charge in [-0.25, -0.2) is 4.79 Å². The maximum absolute atomic E-state index is 12.4. The predicted molar refractivity (Wildman–Crippen MR) is 94.2 cm³/mol. The van der Waals surface area contributed by atoms with Gasteiger partial charge in [0.15, 0.2) is 0 Å². The van der Waals surface area contributed by atoms with Crippen molar-refractivity contribution in [2.24, 2.45) is 17.4 Å². The number of carbonyl (C=O) groups excluding carboxylic acids is 3. The average molecular weight is 388 g/mol. The third-order valence-corrected chi connectivity index (χ3v) is 4.10. The van der Waals surface area contributed by atoms with E-state index in [1.165, 1.54) is 0 Å². The summed E-state index contributed by atoms with van der Waals surface area (Å²) in [5.74, 6) is -4.99. The van der Waals surface area contributed by atoms with Crippen molar-refractivity contribution < 1.29 is 34.2 Å². The standard InChI is InChI=1S/C16H28N4O7/c1-3-8(2)13(16(26)27)20-15(25)10(5-6-11(18)21)19-14(24)9(17)4-7-12(22)23/h8-10,13H,3-7,17H2,1-2H3,(H2,18,21)(H,19,24)(H,20,25)(H,22,23)(H,26,27)/t8-,9-,10-,13-/m0/s1. The molecule has 11 nitrogen and oxygen atoms in total. The molecule has 0 rings (SSSR count). The summed E-state index contributed by atoms with van der Waals surface area (Å²) in [5.41, 5.74) is 10.7. The number of hydrogen-bond donors (Lipinski definition) is 6. The predicted octanol–water partition coefficient (Wildman–Crippen LogP) is -1.46. The van der Waals surface area contributed by atoms with E-state index in [0.717, 1.165) is 0 Å². The van der Waals surface area contributed by atoms with Crippen LogP contribution in [-0.4, -0.2) is 58.0 Å². The van der Waals surface area contributed by atoms with Crippen LogP contribution in [0.3, 0.4) is 0 Å². The second-order valence-corrected chi connectivity index (χ2v) is 6.32. The molecule has 0 aromatic heterocycles. The molecule has 0 saturated heterocycles. The number of nitrogens with two attached hydrogens (primary N) is 2. The molecule has 3 amide bonds. The van der Waals surface area contributed by atoms with Gasteiger partial charge >= 0.3 is 11.9 Å². The minimum Gasteiger partial charge on any atom is -0.481 e. The molecule has 27 heavy (non-hydrogen) atoms. The van der Waals surface area contributed by atoms with Crippen LogP contribution in [0.4, 0.5) is 0 Å². The summed E-state index contributed by atoms with van der Waals surface area (Å²) in [6.07, 6.45) is -0.345. The highest BCUT2D eigenvalue weighted by Gasteiger charge is 2.30. The molecule has 11 heteroatoms. The van der Waals surface area contributed by atoms with Gasteiger partial charge < -0.3 is 32.3 Å². The number of hydrogen-bond acceptors (Lipinski definition) is 6. The molecule has 0 saturated carbocycles. The van der Waals surface area contributed by atoms with E-state index in [-0.39, 0.29) is 31.6 Å². The first-order valence-corrected chi connectivity index (χ1v) is 8.58. The Morgan fingerprint density at radius 2 is 1.56 bits per heavy atom. The van der Waals surface area contributed by atoms with Gasteiger partial charge in [0.2, 0.25) is 17.7 Å². The molecule has 0 aliphatic carbocycles. The fourth-order valence-corrected chi connectivity index (χ4v) is 2.18. The van der Waals surface area contributed by atoms with Gasteiger partial charge in [0.05, 0.1) is 6.04 Å². The quantitative estimate of drug-likeness (QED) is 0.220. The van der Waals surface area contributed by atoms with E-state index in [9.17, 15) is 29.1 Å². The Balaban J connectivity index is 5.12. The van der Waals surface area contributed by atoms with Crippen molar-refractivity contribution in [1.29, 1.82) is 0 Å². The summed E-state index contributed by atoms with van der Waals surface area (Å²) < 4.78 is 0. The Morgan fingerprint density at radius 1 is 0.963 bits per heavy atom. The van der Waals surface area contributed by atoms with Crippen molar-refractivity contribution in [1.82, 2.24) is 10.6 Å². The maximum atomic E-state index is 12.4. The number of aliphatic carboxylic acids is 2. The monoisotopic (exact) mass is 388 g/mol. The van der Waals surface area contributed by atoms with Crippen molar-refractivity contribution in [3.63, 3.8) is 0 Å². The summed E-state index contributed by atoms with van der Waals surface area (Å²) in [7, 11) is 0. The van der Waals surface area contributed by atoms with Crippen LogP contribution < -0.4 is 22.1 Å². The molecule has 0 aromatic rings. The second kappa shape index (κ2) is 11.8. The third kappa shape index (κ3) is 9.54. The van der Waals surface area contributed by atoms with E-state index in [1.807, 2.05) is 0 Å². The summed E-state index contributed by atoms with van der Waals surface area (Å²) >= 11 is 0. The van der Waals surface area contributed by atoms with Gasteiger partial charge in [0, 0.05) is 12.8 Å². The SMILES string of the molecule is CC[C@H](C)[C@H](NC(=O)[C@H](CCC(N)=O)NC(=O)[C@@H](N)CCC(=O)O)C(=O)O. The van der Waals surface area contributed by atoms with E-state index in [0.29, 0.717) is 6.42 Å². The Bertz CT molecular complexity index is 567. The normalized spacial score (nSPS) is 15.1. The van der Waals surface area contributed by atoms with Crippen LogP contribution in [0.25, 0.3) is 0 Å². The molecule has 0 radical (unpaired) electrons. The zero-order valence-corrected chi connectivity index (χ0v) is 15.4. The molecule has 8 N–H and O–H groups in total. The lowest BCUT2D eigenvalue weighted by Gasteiger charge is -2.25. The number of carboxylic acids is 2. The van der Waals surface area contributed by atoms with E-state index >= 15 is 0 Å². The lowest BCUT2D eigenvalue weighted by molar-refractivity contribution is -0.144. The molecular weight excluding hydrogens is 360 g/mol. The van der Waals surface area contributed by atoms with Gasteiger partial charge in [-0.05, 0) is 18.8 Å². The fraction of sp³-hybridized carbons (Fsp3) is 0.688. The van der Waals surface area contributed by atoms with Gasteiger partial charge in [-0.15, -0.1) is 0 Å². The zero-order valence-electron chi connectivity index (χ0n) is 15.4. The average Bonchev–Trinajstić information content (AvgIpc) is 2.59. The van der Waals surface area contributed by atoms with Crippen molar-refractivity contribution in [3.05, 3.63) is 0 Å². The number of carboxylic acid groups (broad SMARTS) is 2. The molecule has 0 fully saturated rings. The molecule has 0 spiro atoms. The maximum Gasteiger partial charge on any atom is 0.326 e. The van der Waals surface area contributed by atoms with Crippen LogP contribution in [0.5, 0.6) is 0 Å². The van der Waals surface area contributed by atoms with Crippen LogP contribution in [0, 0.1) is 5.92 Å². The Kier molecular flexibility index (Phi) is 10.7. The van der Waals surface area contributed by atoms with Crippen LogP contribution in [-0.2, 0) is 24.0 Å². The van der Waals surface area contributed by atoms with E-state index in [1.54, 1.807) is 13.8 Å². The summed E-state index contributed by atoms with van der Waals surface area (Å²) in [6, 6.07) is -3.57. The molecule has 4 atom stereocenters. The first kappa shape index (κ1) is 24.3. The van der Waals surface area contributed by atoms with Gasteiger partial charge in [-0.3, -0.25) is 19.2 Å². The topological polar surface area (TPSA) is 202 Å². The fourth-order valence-electron chi connectivity index (χ4n) is 2.18. The van der Waals surface area contributed by atoms with E-state index in [4.69, 9.17) is 16.6 Å². The summed E-state index contributed by atoms with van der Waals surface area (Å²) in [5, 5.41) is 22.6. The Labute approximate surface area is 156 Å². The molecule has 0 aromatic carbocycles. The molecule has 0 aliphatic rings. The van der Waals surface area contributed by atoms with Crippen LogP contribution in [0.15, 0.2) is 0 Å². The van der Waals surface area contributed by atoms with Crippen molar-refractivity contribution in [3.8, 4) is 0 Å². The van der Waals surface area contributed by atoms with Gasteiger partial charge in [-0.2, -0.15) is 0 Å². The molecule has 154 valence electrons.